The number of aliphatic imine (C=N–C) groups is 1. The van der Waals surface area contributed by atoms with Gasteiger partial charge in [0.2, 0.25) is 5.89 Å². The van der Waals surface area contributed by atoms with Crippen molar-refractivity contribution in [1.82, 2.24) is 20.8 Å². The molecule has 2 rings (SSSR count). The van der Waals surface area contributed by atoms with Crippen molar-refractivity contribution in [2.75, 3.05) is 13.6 Å². The Balaban J connectivity index is 1.79. The largest absolute Gasteiger partial charge is 0.489 e. The van der Waals surface area contributed by atoms with Crippen LogP contribution in [-0.2, 0) is 12.0 Å². The first kappa shape index (κ1) is 19.8. The van der Waals surface area contributed by atoms with Crippen molar-refractivity contribution in [3.63, 3.8) is 0 Å². The molecule has 1 heterocycles. The fourth-order valence-electron chi connectivity index (χ4n) is 2.22. The third kappa shape index (κ3) is 6.06. The first-order chi connectivity index (χ1) is 12.3. The lowest BCUT2D eigenvalue weighted by Crippen LogP contribution is -2.41. The van der Waals surface area contributed by atoms with Crippen molar-refractivity contribution in [1.29, 1.82) is 0 Å². The van der Waals surface area contributed by atoms with E-state index in [4.69, 9.17) is 9.26 Å². The van der Waals surface area contributed by atoms with E-state index >= 15 is 0 Å². The molecule has 1 aromatic heterocycles. The van der Waals surface area contributed by atoms with E-state index in [-0.39, 0.29) is 11.5 Å². The summed E-state index contributed by atoms with van der Waals surface area (Å²) in [6.07, 6.45) is -0.00646. The molecule has 0 saturated heterocycles. The Labute approximate surface area is 155 Å². The van der Waals surface area contributed by atoms with Crippen LogP contribution >= 0.6 is 0 Å². The first-order valence-corrected chi connectivity index (χ1v) is 8.79. The van der Waals surface area contributed by atoms with Gasteiger partial charge in [-0.2, -0.15) is 4.98 Å². The highest BCUT2D eigenvalue weighted by Gasteiger charge is 2.21. The molecule has 1 unspecified atom stereocenters. The van der Waals surface area contributed by atoms with Gasteiger partial charge >= 0.3 is 0 Å². The molecular weight excluding hydrogens is 330 g/mol. The molecule has 0 aliphatic rings. The van der Waals surface area contributed by atoms with Crippen LogP contribution in [-0.4, -0.2) is 35.8 Å². The molecule has 0 amide bonds. The summed E-state index contributed by atoms with van der Waals surface area (Å²) in [5, 5.41) is 10.4. The van der Waals surface area contributed by atoms with E-state index in [1.807, 2.05) is 58.9 Å². The highest BCUT2D eigenvalue weighted by atomic mass is 16.5. The van der Waals surface area contributed by atoms with Crippen LogP contribution in [0.4, 0.5) is 0 Å². The van der Waals surface area contributed by atoms with Crippen LogP contribution in [0, 0.1) is 6.92 Å². The zero-order valence-electron chi connectivity index (χ0n) is 16.5. The van der Waals surface area contributed by atoms with Gasteiger partial charge in [-0.05, 0) is 31.5 Å². The van der Waals surface area contributed by atoms with Gasteiger partial charge in [-0.25, -0.2) is 0 Å². The quantitative estimate of drug-likeness (QED) is 0.609. The van der Waals surface area contributed by atoms with Gasteiger partial charge in [-0.15, -0.1) is 0 Å². The third-order valence-corrected chi connectivity index (χ3v) is 3.63. The van der Waals surface area contributed by atoms with E-state index in [1.54, 1.807) is 7.05 Å². The van der Waals surface area contributed by atoms with Crippen LogP contribution in [0.15, 0.2) is 33.8 Å². The van der Waals surface area contributed by atoms with Crippen molar-refractivity contribution in [3.8, 4) is 5.75 Å². The minimum atomic E-state index is -0.159. The number of nitrogens with one attached hydrogen (secondary N) is 2. The van der Waals surface area contributed by atoms with Gasteiger partial charge in [-0.1, -0.05) is 38.1 Å². The highest BCUT2D eigenvalue weighted by molar-refractivity contribution is 5.79. The van der Waals surface area contributed by atoms with Gasteiger partial charge in [0.05, 0.1) is 13.1 Å². The number of guanidine groups is 1. The molecule has 142 valence electrons. The maximum Gasteiger partial charge on any atom is 0.232 e. The lowest BCUT2D eigenvalue weighted by atomic mass is 9.97. The van der Waals surface area contributed by atoms with Crippen LogP contribution in [0.1, 0.15) is 45.0 Å². The van der Waals surface area contributed by atoms with Gasteiger partial charge in [0.1, 0.15) is 11.9 Å². The Bertz CT molecular complexity index is 734. The molecule has 2 N–H and O–H groups in total. The van der Waals surface area contributed by atoms with Crippen molar-refractivity contribution in [3.05, 3.63) is 41.5 Å². The number of aromatic nitrogens is 2. The summed E-state index contributed by atoms with van der Waals surface area (Å²) in [5.41, 5.74) is 1.02. The summed E-state index contributed by atoms with van der Waals surface area (Å²) in [6.45, 7) is 11.2. The summed E-state index contributed by atoms with van der Waals surface area (Å²) >= 11 is 0. The predicted molar refractivity (Wildman–Crippen MR) is 102 cm³/mol. The maximum absolute atomic E-state index is 5.91. The molecule has 0 aliphatic heterocycles. The zero-order valence-corrected chi connectivity index (χ0v) is 16.5. The molecule has 7 nitrogen and oxygen atoms in total. The molecule has 0 spiro atoms. The molecule has 26 heavy (non-hydrogen) atoms. The molecule has 0 aliphatic carbocycles. The van der Waals surface area contributed by atoms with E-state index in [2.05, 4.69) is 25.8 Å². The Kier molecular flexibility index (Phi) is 6.60. The molecule has 0 fully saturated rings. The number of hydrogen-bond acceptors (Lipinski definition) is 5. The lowest BCUT2D eigenvalue weighted by molar-refractivity contribution is 0.223. The molecule has 0 radical (unpaired) electrons. The molecule has 0 saturated carbocycles. The minimum absolute atomic E-state index is 0.00646. The zero-order chi connectivity index (χ0) is 19.2. The lowest BCUT2D eigenvalue weighted by Gasteiger charge is -2.17. The van der Waals surface area contributed by atoms with Crippen LogP contribution < -0.4 is 15.4 Å². The topological polar surface area (TPSA) is 84.6 Å². The molecular formula is C19H29N5O2. The van der Waals surface area contributed by atoms with Gasteiger partial charge in [0.25, 0.3) is 0 Å². The van der Waals surface area contributed by atoms with Crippen molar-refractivity contribution < 1.29 is 9.26 Å². The van der Waals surface area contributed by atoms with Crippen LogP contribution in [0.2, 0.25) is 0 Å². The number of benzene rings is 1. The number of rotatable bonds is 6. The molecule has 0 bridgehead atoms. The Morgan fingerprint density at radius 3 is 2.69 bits per heavy atom. The standard InChI is InChI=1S/C19H29N5O2/c1-13-8-7-9-15(10-13)25-14(2)11-21-18(20-6)22-12-16-23-17(26-24-16)19(3,4)5/h7-10,14H,11-12H2,1-6H3,(H2,20,21,22). The highest BCUT2D eigenvalue weighted by Crippen LogP contribution is 2.19. The number of ether oxygens (including phenoxy) is 1. The van der Waals surface area contributed by atoms with Crippen LogP contribution in [0.3, 0.4) is 0 Å². The third-order valence-electron chi connectivity index (χ3n) is 3.63. The van der Waals surface area contributed by atoms with Gasteiger partial charge in [0.15, 0.2) is 11.8 Å². The molecule has 7 heteroatoms. The second kappa shape index (κ2) is 8.69. The minimum Gasteiger partial charge on any atom is -0.489 e. The molecule has 2 aromatic rings. The number of nitrogens with zero attached hydrogens (tertiary/aromatic N) is 3. The normalized spacial score (nSPS) is 13.4. The summed E-state index contributed by atoms with van der Waals surface area (Å²) in [4.78, 5) is 8.60. The van der Waals surface area contributed by atoms with Crippen molar-refractivity contribution in [2.45, 2.75) is 52.7 Å². The summed E-state index contributed by atoms with van der Waals surface area (Å²) in [6, 6.07) is 8.01. The summed E-state index contributed by atoms with van der Waals surface area (Å²) in [7, 11) is 1.72. The van der Waals surface area contributed by atoms with Gasteiger partial charge < -0.3 is 19.9 Å². The van der Waals surface area contributed by atoms with E-state index in [0.29, 0.717) is 30.8 Å². The van der Waals surface area contributed by atoms with Gasteiger partial charge in [-0.3, -0.25) is 4.99 Å². The van der Waals surface area contributed by atoms with Crippen molar-refractivity contribution >= 4 is 5.96 Å². The fraction of sp³-hybridized carbons (Fsp3) is 0.526. The number of hydrogen-bond donors (Lipinski definition) is 2. The smallest absolute Gasteiger partial charge is 0.232 e. The fourth-order valence-corrected chi connectivity index (χ4v) is 2.22. The Morgan fingerprint density at radius 1 is 1.31 bits per heavy atom. The van der Waals surface area contributed by atoms with E-state index in [0.717, 1.165) is 5.75 Å². The van der Waals surface area contributed by atoms with Crippen molar-refractivity contribution in [2.24, 2.45) is 4.99 Å². The Hall–Kier alpha value is -2.57. The van der Waals surface area contributed by atoms with Crippen LogP contribution in [0.5, 0.6) is 5.75 Å². The van der Waals surface area contributed by atoms with Gasteiger partial charge in [0, 0.05) is 12.5 Å². The monoisotopic (exact) mass is 359 g/mol. The predicted octanol–water partition coefficient (Wildman–Crippen LogP) is 2.81. The van der Waals surface area contributed by atoms with E-state index < -0.39 is 0 Å². The Morgan fingerprint density at radius 2 is 2.08 bits per heavy atom. The van der Waals surface area contributed by atoms with Crippen LogP contribution in [0.25, 0.3) is 0 Å². The second-order valence-corrected chi connectivity index (χ2v) is 7.32. The average Bonchev–Trinajstić information content (AvgIpc) is 3.04. The molecule has 1 atom stereocenters. The SMILES string of the molecule is CN=C(NCc1noc(C(C)(C)C)n1)NCC(C)Oc1cccc(C)c1. The first-order valence-electron chi connectivity index (χ1n) is 8.79. The molecule has 1 aromatic carbocycles. The summed E-state index contributed by atoms with van der Waals surface area (Å²) in [5.74, 6) is 2.75. The summed E-state index contributed by atoms with van der Waals surface area (Å²) < 4.78 is 11.2. The van der Waals surface area contributed by atoms with E-state index in [9.17, 15) is 0 Å². The van der Waals surface area contributed by atoms with E-state index in [1.165, 1.54) is 5.56 Å². The average molecular weight is 359 g/mol. The number of aryl methyl sites for hydroxylation is 1. The second-order valence-electron chi connectivity index (χ2n) is 7.32. The maximum atomic E-state index is 5.91.